The molecule has 0 bridgehead atoms. The van der Waals surface area contributed by atoms with Gasteiger partial charge < -0.3 is 4.90 Å². The second-order valence-corrected chi connectivity index (χ2v) is 6.86. The largest absolute Gasteiger partial charge is 0.342 e. The van der Waals surface area contributed by atoms with Crippen LogP contribution in [0.4, 0.5) is 4.39 Å². The van der Waals surface area contributed by atoms with E-state index in [-0.39, 0.29) is 17.6 Å². The van der Waals surface area contributed by atoms with Crippen LogP contribution in [-0.4, -0.2) is 28.9 Å². The van der Waals surface area contributed by atoms with Crippen LogP contribution in [0.25, 0.3) is 11.1 Å². The number of benzene rings is 1. The highest BCUT2D eigenvalue weighted by molar-refractivity contribution is 5.76. The second kappa shape index (κ2) is 7.77. The van der Waals surface area contributed by atoms with Gasteiger partial charge in [0.2, 0.25) is 5.91 Å². The van der Waals surface area contributed by atoms with Gasteiger partial charge in [-0.25, -0.2) is 4.39 Å². The molecule has 3 nitrogen and oxygen atoms in total. The van der Waals surface area contributed by atoms with Crippen molar-refractivity contribution in [3.05, 3.63) is 53.6 Å². The number of amides is 1. The number of pyridine rings is 1. The van der Waals surface area contributed by atoms with Crippen LogP contribution in [0.15, 0.2) is 36.4 Å². The van der Waals surface area contributed by atoms with Gasteiger partial charge in [0.15, 0.2) is 0 Å². The smallest absolute Gasteiger partial charge is 0.222 e. The fourth-order valence-corrected chi connectivity index (χ4v) is 3.53. The lowest BCUT2D eigenvalue weighted by atomic mass is 9.92. The number of likely N-dealkylation sites (tertiary alicyclic amines) is 1. The van der Waals surface area contributed by atoms with Crippen LogP contribution < -0.4 is 0 Å². The highest BCUT2D eigenvalue weighted by Crippen LogP contribution is 2.30. The maximum absolute atomic E-state index is 13.2. The van der Waals surface area contributed by atoms with E-state index in [9.17, 15) is 9.18 Å². The normalized spacial score (nSPS) is 17.6. The van der Waals surface area contributed by atoms with E-state index in [1.54, 1.807) is 12.1 Å². The summed E-state index contributed by atoms with van der Waals surface area (Å²) in [5.74, 6) is 0.291. The van der Waals surface area contributed by atoms with Gasteiger partial charge in [0, 0.05) is 36.8 Å². The number of hydrogen-bond donors (Lipinski definition) is 0. The third kappa shape index (κ3) is 4.25. The zero-order valence-electron chi connectivity index (χ0n) is 15.0. The SMILES string of the molecule is CCCC(=O)N1CCC[C@H](c2cc(-c3ccc(F)cc3)cc(C)n2)C1. The summed E-state index contributed by atoms with van der Waals surface area (Å²) in [6.07, 6.45) is 3.57. The van der Waals surface area contributed by atoms with Gasteiger partial charge in [-0.15, -0.1) is 0 Å². The Morgan fingerprint density at radius 3 is 2.72 bits per heavy atom. The van der Waals surface area contributed by atoms with Crippen molar-refractivity contribution in [1.82, 2.24) is 9.88 Å². The lowest BCUT2D eigenvalue weighted by Gasteiger charge is -2.33. The third-order valence-electron chi connectivity index (χ3n) is 4.81. The summed E-state index contributed by atoms with van der Waals surface area (Å²) in [5, 5.41) is 0. The van der Waals surface area contributed by atoms with Crippen molar-refractivity contribution in [3.8, 4) is 11.1 Å². The molecule has 1 aromatic carbocycles. The number of carbonyl (C=O) groups excluding carboxylic acids is 1. The lowest BCUT2D eigenvalue weighted by molar-refractivity contribution is -0.132. The highest BCUT2D eigenvalue weighted by atomic mass is 19.1. The maximum Gasteiger partial charge on any atom is 0.222 e. The molecular formula is C21H25FN2O. The van der Waals surface area contributed by atoms with Crippen LogP contribution in [-0.2, 0) is 4.79 Å². The number of aryl methyl sites for hydroxylation is 1. The quantitative estimate of drug-likeness (QED) is 0.808. The molecule has 1 fully saturated rings. The molecule has 1 atom stereocenters. The molecule has 4 heteroatoms. The molecule has 1 aliphatic heterocycles. The summed E-state index contributed by atoms with van der Waals surface area (Å²) in [6, 6.07) is 10.7. The van der Waals surface area contributed by atoms with Crippen molar-refractivity contribution in [2.24, 2.45) is 0 Å². The first-order chi connectivity index (χ1) is 12.1. The average molecular weight is 340 g/mol. The standard InChI is InChI=1S/C21H25FN2O/c1-3-5-21(25)24-11-4-6-17(14-24)20-13-18(12-15(2)23-20)16-7-9-19(22)10-8-16/h7-10,12-13,17H,3-6,11,14H2,1-2H3/t17-/m0/s1. The molecule has 1 saturated heterocycles. The summed E-state index contributed by atoms with van der Waals surface area (Å²) in [6.45, 7) is 5.62. The van der Waals surface area contributed by atoms with Crippen LogP contribution in [0.2, 0.25) is 0 Å². The van der Waals surface area contributed by atoms with Gasteiger partial charge in [0.05, 0.1) is 0 Å². The first kappa shape index (κ1) is 17.6. The Morgan fingerprint density at radius 1 is 1.24 bits per heavy atom. The molecule has 0 aliphatic carbocycles. The molecule has 25 heavy (non-hydrogen) atoms. The molecule has 1 amide bonds. The van der Waals surface area contributed by atoms with Gasteiger partial charge in [-0.3, -0.25) is 9.78 Å². The van der Waals surface area contributed by atoms with E-state index < -0.39 is 0 Å². The van der Waals surface area contributed by atoms with Crippen molar-refractivity contribution in [1.29, 1.82) is 0 Å². The number of aromatic nitrogens is 1. The zero-order chi connectivity index (χ0) is 17.8. The predicted octanol–water partition coefficient (Wildman–Crippen LogP) is 4.70. The van der Waals surface area contributed by atoms with E-state index in [4.69, 9.17) is 4.98 Å². The summed E-state index contributed by atoms with van der Waals surface area (Å²) < 4.78 is 13.2. The number of hydrogen-bond acceptors (Lipinski definition) is 2. The molecular weight excluding hydrogens is 315 g/mol. The number of rotatable bonds is 4. The Labute approximate surface area is 148 Å². The van der Waals surface area contributed by atoms with E-state index >= 15 is 0 Å². The van der Waals surface area contributed by atoms with E-state index in [2.05, 4.69) is 6.07 Å². The third-order valence-corrected chi connectivity index (χ3v) is 4.81. The molecule has 1 aromatic heterocycles. The monoisotopic (exact) mass is 340 g/mol. The number of carbonyl (C=O) groups is 1. The van der Waals surface area contributed by atoms with Crippen molar-refractivity contribution >= 4 is 5.91 Å². The van der Waals surface area contributed by atoms with Crippen molar-refractivity contribution in [3.63, 3.8) is 0 Å². The molecule has 0 spiro atoms. The minimum absolute atomic E-state index is 0.230. The second-order valence-electron chi connectivity index (χ2n) is 6.86. The number of piperidine rings is 1. The Hall–Kier alpha value is -2.23. The summed E-state index contributed by atoms with van der Waals surface area (Å²) >= 11 is 0. The minimum Gasteiger partial charge on any atom is -0.342 e. The molecule has 2 heterocycles. The summed E-state index contributed by atoms with van der Waals surface area (Å²) in [7, 11) is 0. The predicted molar refractivity (Wildman–Crippen MR) is 97.8 cm³/mol. The summed E-state index contributed by atoms with van der Waals surface area (Å²) in [4.78, 5) is 18.9. The van der Waals surface area contributed by atoms with Crippen LogP contribution in [0.1, 0.15) is 49.9 Å². The fraction of sp³-hybridized carbons (Fsp3) is 0.429. The van der Waals surface area contributed by atoms with Crippen LogP contribution >= 0.6 is 0 Å². The van der Waals surface area contributed by atoms with E-state index in [0.717, 1.165) is 54.9 Å². The van der Waals surface area contributed by atoms with Crippen molar-refractivity contribution in [2.45, 2.75) is 45.4 Å². The molecule has 0 N–H and O–H groups in total. The van der Waals surface area contributed by atoms with E-state index in [1.165, 1.54) is 12.1 Å². The molecule has 0 unspecified atom stereocenters. The van der Waals surface area contributed by atoms with Crippen LogP contribution in [0, 0.1) is 12.7 Å². The van der Waals surface area contributed by atoms with Crippen LogP contribution in [0.3, 0.4) is 0 Å². The molecule has 1 aliphatic rings. The number of halogens is 1. The Kier molecular flexibility index (Phi) is 5.47. The Morgan fingerprint density at radius 2 is 2.00 bits per heavy atom. The Balaban J connectivity index is 1.84. The number of nitrogens with zero attached hydrogens (tertiary/aromatic N) is 2. The molecule has 0 radical (unpaired) electrons. The molecule has 0 saturated carbocycles. The maximum atomic E-state index is 13.2. The van der Waals surface area contributed by atoms with Crippen LogP contribution in [0.5, 0.6) is 0 Å². The fourth-order valence-electron chi connectivity index (χ4n) is 3.53. The van der Waals surface area contributed by atoms with Crippen molar-refractivity contribution < 1.29 is 9.18 Å². The van der Waals surface area contributed by atoms with Gasteiger partial charge in [0.1, 0.15) is 5.82 Å². The lowest BCUT2D eigenvalue weighted by Crippen LogP contribution is -2.39. The molecule has 3 rings (SSSR count). The van der Waals surface area contributed by atoms with Gasteiger partial charge in [-0.05, 0) is 61.6 Å². The first-order valence-electron chi connectivity index (χ1n) is 9.09. The van der Waals surface area contributed by atoms with Gasteiger partial charge in [-0.2, -0.15) is 0 Å². The first-order valence-corrected chi connectivity index (χ1v) is 9.09. The minimum atomic E-state index is -0.230. The topological polar surface area (TPSA) is 33.2 Å². The van der Waals surface area contributed by atoms with E-state index in [0.29, 0.717) is 6.42 Å². The molecule has 2 aromatic rings. The molecule has 132 valence electrons. The van der Waals surface area contributed by atoms with Gasteiger partial charge in [-0.1, -0.05) is 19.1 Å². The van der Waals surface area contributed by atoms with Gasteiger partial charge in [0.25, 0.3) is 0 Å². The summed E-state index contributed by atoms with van der Waals surface area (Å²) in [5.41, 5.74) is 4.03. The highest BCUT2D eigenvalue weighted by Gasteiger charge is 2.25. The van der Waals surface area contributed by atoms with E-state index in [1.807, 2.05) is 24.8 Å². The average Bonchev–Trinajstić information content (AvgIpc) is 2.62. The van der Waals surface area contributed by atoms with Crippen molar-refractivity contribution in [2.75, 3.05) is 13.1 Å². The van der Waals surface area contributed by atoms with Gasteiger partial charge >= 0.3 is 0 Å². The zero-order valence-corrected chi connectivity index (χ0v) is 15.0. The Bertz CT molecular complexity index is 742.